The van der Waals surface area contributed by atoms with Crippen molar-refractivity contribution in [1.82, 2.24) is 4.90 Å². The van der Waals surface area contributed by atoms with Crippen molar-refractivity contribution < 1.29 is 18.9 Å². The van der Waals surface area contributed by atoms with Gasteiger partial charge in [0.25, 0.3) is 0 Å². The third kappa shape index (κ3) is 3.62. The molecule has 1 atom stereocenters. The highest BCUT2D eigenvalue weighted by molar-refractivity contribution is 5.48. The van der Waals surface area contributed by atoms with E-state index < -0.39 is 6.29 Å². The zero-order chi connectivity index (χ0) is 15.9. The maximum absolute atomic E-state index is 9.16. The average molecular weight is 306 g/mol. The van der Waals surface area contributed by atoms with Crippen LogP contribution in [0.2, 0.25) is 0 Å². The summed E-state index contributed by atoms with van der Waals surface area (Å²) >= 11 is 0. The second kappa shape index (κ2) is 7.87. The number of benzene rings is 1. The standard InChI is InChI=1S/C16H22N2O4/c1-19-14-9-12-5-7-18(11-17)6-4-8-22-16(21-3)13(12)10-15(14)20-2/h9-10,16H,4-8H2,1-3H3. The van der Waals surface area contributed by atoms with Crippen LogP contribution in [0.15, 0.2) is 12.1 Å². The molecule has 0 N–H and O–H groups in total. The first-order valence-corrected chi connectivity index (χ1v) is 7.27. The molecule has 0 spiro atoms. The lowest BCUT2D eigenvalue weighted by atomic mass is 10.0. The topological polar surface area (TPSA) is 64.0 Å². The first-order chi connectivity index (χ1) is 10.7. The van der Waals surface area contributed by atoms with Gasteiger partial charge in [-0.25, -0.2) is 0 Å². The van der Waals surface area contributed by atoms with Gasteiger partial charge in [0.2, 0.25) is 0 Å². The molecule has 120 valence electrons. The van der Waals surface area contributed by atoms with Crippen LogP contribution < -0.4 is 9.47 Å². The first-order valence-electron chi connectivity index (χ1n) is 7.27. The number of nitrogens with zero attached hydrogens (tertiary/aromatic N) is 2. The highest BCUT2D eigenvalue weighted by Crippen LogP contribution is 2.35. The highest BCUT2D eigenvalue weighted by atomic mass is 16.7. The fourth-order valence-corrected chi connectivity index (χ4v) is 2.57. The maximum Gasteiger partial charge on any atom is 0.183 e. The molecule has 2 rings (SSSR count). The average Bonchev–Trinajstić information content (AvgIpc) is 2.57. The monoisotopic (exact) mass is 306 g/mol. The van der Waals surface area contributed by atoms with E-state index in [0.29, 0.717) is 37.6 Å². The SMILES string of the molecule is COc1cc2c(cc1OC)C(OC)OCCCN(C#N)CC2. The molecule has 0 aliphatic carbocycles. The summed E-state index contributed by atoms with van der Waals surface area (Å²) in [7, 11) is 4.83. The molecule has 0 radical (unpaired) electrons. The normalized spacial score (nSPS) is 19.0. The summed E-state index contributed by atoms with van der Waals surface area (Å²) in [5.74, 6) is 1.30. The Morgan fingerprint density at radius 1 is 1.18 bits per heavy atom. The Morgan fingerprint density at radius 3 is 2.55 bits per heavy atom. The maximum atomic E-state index is 9.16. The van der Waals surface area contributed by atoms with Gasteiger partial charge in [0.15, 0.2) is 24.0 Å². The molecule has 1 unspecified atom stereocenters. The van der Waals surface area contributed by atoms with Crippen molar-refractivity contribution in [2.75, 3.05) is 41.0 Å². The molecule has 1 aliphatic rings. The third-order valence-electron chi connectivity index (χ3n) is 3.75. The lowest BCUT2D eigenvalue weighted by Gasteiger charge is -2.25. The lowest BCUT2D eigenvalue weighted by Crippen LogP contribution is -2.25. The molecule has 6 heteroatoms. The zero-order valence-electron chi connectivity index (χ0n) is 13.3. The van der Waals surface area contributed by atoms with Crippen molar-refractivity contribution in [3.8, 4) is 17.7 Å². The van der Waals surface area contributed by atoms with E-state index in [9.17, 15) is 0 Å². The van der Waals surface area contributed by atoms with Gasteiger partial charge in [-0.3, -0.25) is 0 Å². The van der Waals surface area contributed by atoms with Crippen LogP contribution in [0.5, 0.6) is 11.5 Å². The van der Waals surface area contributed by atoms with Gasteiger partial charge in [0.05, 0.1) is 20.8 Å². The van der Waals surface area contributed by atoms with E-state index in [1.165, 1.54) is 0 Å². The Labute approximate surface area is 131 Å². The van der Waals surface area contributed by atoms with E-state index in [1.807, 2.05) is 12.1 Å². The summed E-state index contributed by atoms with van der Waals surface area (Å²) in [4.78, 5) is 1.75. The minimum absolute atomic E-state index is 0.441. The van der Waals surface area contributed by atoms with Crippen molar-refractivity contribution in [1.29, 1.82) is 5.26 Å². The second-order valence-corrected chi connectivity index (χ2v) is 5.04. The van der Waals surface area contributed by atoms with Crippen molar-refractivity contribution in [2.24, 2.45) is 0 Å². The summed E-state index contributed by atoms with van der Waals surface area (Å²) in [6.45, 7) is 1.88. The van der Waals surface area contributed by atoms with Crippen LogP contribution >= 0.6 is 0 Å². The summed E-state index contributed by atoms with van der Waals surface area (Å²) in [5.41, 5.74) is 1.95. The highest BCUT2D eigenvalue weighted by Gasteiger charge is 2.21. The van der Waals surface area contributed by atoms with Crippen molar-refractivity contribution >= 4 is 0 Å². The molecule has 0 fully saturated rings. The predicted octanol–water partition coefficient (Wildman–Crippen LogP) is 2.09. The quantitative estimate of drug-likeness (QED) is 0.797. The molecule has 6 nitrogen and oxygen atoms in total. The van der Waals surface area contributed by atoms with Gasteiger partial charge in [-0.2, -0.15) is 5.26 Å². The summed E-state index contributed by atoms with van der Waals surface area (Å²) in [5, 5.41) is 9.16. The van der Waals surface area contributed by atoms with E-state index in [2.05, 4.69) is 6.19 Å². The number of rotatable bonds is 3. The minimum Gasteiger partial charge on any atom is -0.493 e. The number of nitriles is 1. The van der Waals surface area contributed by atoms with Crippen LogP contribution in [0.3, 0.4) is 0 Å². The van der Waals surface area contributed by atoms with Crippen LogP contribution in [-0.2, 0) is 15.9 Å². The van der Waals surface area contributed by atoms with Crippen molar-refractivity contribution in [3.05, 3.63) is 23.3 Å². The molecule has 0 aromatic heterocycles. The van der Waals surface area contributed by atoms with Crippen LogP contribution in [-0.4, -0.2) is 45.9 Å². The van der Waals surface area contributed by atoms with E-state index in [1.54, 1.807) is 26.2 Å². The Hall–Kier alpha value is -1.97. The summed E-state index contributed by atoms with van der Waals surface area (Å²) in [6.07, 6.45) is 3.28. The number of methoxy groups -OCH3 is 3. The Bertz CT molecular complexity index is 542. The molecular weight excluding hydrogens is 284 g/mol. The molecule has 0 bridgehead atoms. The number of fused-ring (bicyclic) bond motifs is 1. The Kier molecular flexibility index (Phi) is 5.87. The number of ether oxygens (including phenoxy) is 4. The largest absolute Gasteiger partial charge is 0.493 e. The van der Waals surface area contributed by atoms with Crippen LogP contribution in [0.25, 0.3) is 0 Å². The third-order valence-corrected chi connectivity index (χ3v) is 3.75. The van der Waals surface area contributed by atoms with Crippen LogP contribution in [0.4, 0.5) is 0 Å². The zero-order valence-corrected chi connectivity index (χ0v) is 13.3. The number of hydrogen-bond acceptors (Lipinski definition) is 6. The Morgan fingerprint density at radius 2 is 1.91 bits per heavy atom. The van der Waals surface area contributed by atoms with Gasteiger partial charge in [0, 0.05) is 25.8 Å². The van der Waals surface area contributed by atoms with E-state index in [-0.39, 0.29) is 0 Å². The number of hydrogen-bond donors (Lipinski definition) is 0. The molecule has 0 amide bonds. The van der Waals surface area contributed by atoms with E-state index in [0.717, 1.165) is 17.5 Å². The van der Waals surface area contributed by atoms with E-state index in [4.69, 9.17) is 24.2 Å². The fourth-order valence-electron chi connectivity index (χ4n) is 2.57. The molecule has 0 saturated heterocycles. The molecule has 1 aromatic rings. The molecular formula is C16H22N2O4. The van der Waals surface area contributed by atoms with Gasteiger partial charge >= 0.3 is 0 Å². The van der Waals surface area contributed by atoms with Crippen molar-refractivity contribution in [3.63, 3.8) is 0 Å². The molecule has 0 saturated carbocycles. The lowest BCUT2D eigenvalue weighted by molar-refractivity contribution is -0.129. The second-order valence-electron chi connectivity index (χ2n) is 5.04. The first kappa shape index (κ1) is 16.4. The van der Waals surface area contributed by atoms with E-state index >= 15 is 0 Å². The van der Waals surface area contributed by atoms with Crippen LogP contribution in [0, 0.1) is 11.5 Å². The van der Waals surface area contributed by atoms with Gasteiger partial charge in [0.1, 0.15) is 0 Å². The van der Waals surface area contributed by atoms with Gasteiger partial charge < -0.3 is 23.8 Å². The smallest absolute Gasteiger partial charge is 0.183 e. The summed E-state index contributed by atoms with van der Waals surface area (Å²) < 4.78 is 22.0. The van der Waals surface area contributed by atoms with Crippen molar-refractivity contribution in [2.45, 2.75) is 19.1 Å². The minimum atomic E-state index is -0.441. The van der Waals surface area contributed by atoms with Gasteiger partial charge in [-0.15, -0.1) is 0 Å². The Balaban J connectivity index is 2.41. The van der Waals surface area contributed by atoms with Crippen LogP contribution in [0.1, 0.15) is 23.8 Å². The molecule has 22 heavy (non-hydrogen) atoms. The van der Waals surface area contributed by atoms with Gasteiger partial charge in [-0.05, 0) is 30.5 Å². The molecule has 1 heterocycles. The summed E-state index contributed by atoms with van der Waals surface area (Å²) in [6, 6.07) is 3.82. The predicted molar refractivity (Wildman–Crippen MR) is 80.8 cm³/mol. The molecule has 1 aromatic carbocycles. The molecule has 1 aliphatic heterocycles. The fraction of sp³-hybridized carbons (Fsp3) is 0.562. The van der Waals surface area contributed by atoms with Gasteiger partial charge in [-0.1, -0.05) is 0 Å².